The van der Waals surface area contributed by atoms with Crippen molar-refractivity contribution in [1.29, 1.82) is 0 Å². The van der Waals surface area contributed by atoms with Crippen LogP contribution in [-0.2, 0) is 0 Å². The van der Waals surface area contributed by atoms with Gasteiger partial charge in [0.05, 0.1) is 19.9 Å². The van der Waals surface area contributed by atoms with Crippen LogP contribution in [0.5, 0.6) is 11.5 Å². The number of benzene rings is 1. The van der Waals surface area contributed by atoms with Gasteiger partial charge in [-0.1, -0.05) is 0 Å². The molecule has 0 radical (unpaired) electrons. The predicted molar refractivity (Wildman–Crippen MR) is 74.0 cm³/mol. The van der Waals surface area contributed by atoms with E-state index in [4.69, 9.17) is 21.7 Å². The average Bonchev–Trinajstić information content (AvgIpc) is 2.27. The SMILES string of the molecule is COc1ccc(OC)c(NC(=S)NC(C)C)c1. The van der Waals surface area contributed by atoms with Gasteiger partial charge in [-0.05, 0) is 38.2 Å². The van der Waals surface area contributed by atoms with E-state index in [0.29, 0.717) is 5.11 Å². The minimum Gasteiger partial charge on any atom is -0.497 e. The zero-order valence-corrected chi connectivity index (χ0v) is 11.4. The van der Waals surface area contributed by atoms with Crippen LogP contribution in [0.1, 0.15) is 13.8 Å². The van der Waals surface area contributed by atoms with Crippen LogP contribution in [0, 0.1) is 0 Å². The lowest BCUT2D eigenvalue weighted by Crippen LogP contribution is -2.34. The summed E-state index contributed by atoms with van der Waals surface area (Å²) in [5, 5.41) is 6.75. The van der Waals surface area contributed by atoms with Gasteiger partial charge in [0, 0.05) is 12.1 Å². The molecule has 0 aliphatic heterocycles. The predicted octanol–water partition coefficient (Wildman–Crippen LogP) is 2.40. The fourth-order valence-electron chi connectivity index (χ4n) is 1.33. The third-order valence-electron chi connectivity index (χ3n) is 2.07. The molecule has 0 amide bonds. The third-order valence-corrected chi connectivity index (χ3v) is 2.29. The third kappa shape index (κ3) is 4.11. The number of nitrogens with one attached hydrogen (secondary N) is 2. The normalized spacial score (nSPS) is 9.94. The van der Waals surface area contributed by atoms with Gasteiger partial charge >= 0.3 is 0 Å². The minimum absolute atomic E-state index is 0.284. The number of methoxy groups -OCH3 is 2. The van der Waals surface area contributed by atoms with Crippen LogP contribution in [0.25, 0.3) is 0 Å². The van der Waals surface area contributed by atoms with Crippen LogP contribution in [0.4, 0.5) is 5.69 Å². The van der Waals surface area contributed by atoms with Gasteiger partial charge in [0.25, 0.3) is 0 Å². The first-order chi connectivity index (χ1) is 8.06. The van der Waals surface area contributed by atoms with E-state index >= 15 is 0 Å². The molecule has 0 fully saturated rings. The molecule has 0 aromatic heterocycles. The highest BCUT2D eigenvalue weighted by atomic mass is 32.1. The van der Waals surface area contributed by atoms with Crippen LogP contribution >= 0.6 is 12.2 Å². The molecule has 0 atom stereocenters. The quantitative estimate of drug-likeness (QED) is 0.808. The number of hydrogen-bond acceptors (Lipinski definition) is 3. The van der Waals surface area contributed by atoms with E-state index in [1.165, 1.54) is 0 Å². The van der Waals surface area contributed by atoms with Crippen molar-refractivity contribution in [3.8, 4) is 11.5 Å². The first-order valence-corrected chi connectivity index (χ1v) is 5.77. The summed E-state index contributed by atoms with van der Waals surface area (Å²) in [6.07, 6.45) is 0. The number of thiocarbonyl (C=S) groups is 1. The first-order valence-electron chi connectivity index (χ1n) is 5.36. The summed E-state index contributed by atoms with van der Waals surface area (Å²) in [6, 6.07) is 5.79. The summed E-state index contributed by atoms with van der Waals surface area (Å²) in [5.41, 5.74) is 0.782. The molecule has 94 valence electrons. The van der Waals surface area contributed by atoms with E-state index < -0.39 is 0 Å². The molecular weight excluding hydrogens is 236 g/mol. The van der Waals surface area contributed by atoms with Crippen molar-refractivity contribution in [2.24, 2.45) is 0 Å². The summed E-state index contributed by atoms with van der Waals surface area (Å²) >= 11 is 5.18. The topological polar surface area (TPSA) is 42.5 Å². The summed E-state index contributed by atoms with van der Waals surface area (Å²) in [6.45, 7) is 4.05. The molecule has 0 aliphatic rings. The van der Waals surface area contributed by atoms with Crippen molar-refractivity contribution < 1.29 is 9.47 Å². The van der Waals surface area contributed by atoms with Gasteiger partial charge in [0.15, 0.2) is 5.11 Å². The van der Waals surface area contributed by atoms with Crippen molar-refractivity contribution >= 4 is 23.0 Å². The van der Waals surface area contributed by atoms with Crippen LogP contribution in [-0.4, -0.2) is 25.4 Å². The molecule has 0 aliphatic carbocycles. The fourth-order valence-corrected chi connectivity index (χ4v) is 1.68. The van der Waals surface area contributed by atoms with Crippen molar-refractivity contribution in [2.45, 2.75) is 19.9 Å². The Morgan fingerprint density at radius 3 is 2.47 bits per heavy atom. The summed E-state index contributed by atoms with van der Waals surface area (Å²) in [4.78, 5) is 0. The van der Waals surface area contributed by atoms with E-state index in [-0.39, 0.29) is 6.04 Å². The van der Waals surface area contributed by atoms with Gasteiger partial charge in [0.2, 0.25) is 0 Å². The Kier molecular flexibility index (Phi) is 5.03. The van der Waals surface area contributed by atoms with Gasteiger partial charge < -0.3 is 20.1 Å². The van der Waals surface area contributed by atoms with Gasteiger partial charge in [-0.15, -0.1) is 0 Å². The maximum Gasteiger partial charge on any atom is 0.171 e. The second-order valence-electron chi connectivity index (χ2n) is 3.82. The molecule has 1 aromatic rings. The highest BCUT2D eigenvalue weighted by Gasteiger charge is 2.07. The van der Waals surface area contributed by atoms with Gasteiger partial charge in [-0.2, -0.15) is 0 Å². The Bertz CT molecular complexity index is 394. The molecular formula is C12H18N2O2S. The largest absolute Gasteiger partial charge is 0.497 e. The maximum absolute atomic E-state index is 5.25. The molecule has 0 heterocycles. The second-order valence-corrected chi connectivity index (χ2v) is 4.23. The molecule has 0 saturated heterocycles. The van der Waals surface area contributed by atoms with Crippen molar-refractivity contribution in [1.82, 2.24) is 5.32 Å². The molecule has 0 bridgehead atoms. The van der Waals surface area contributed by atoms with Gasteiger partial charge in [-0.3, -0.25) is 0 Å². The Morgan fingerprint density at radius 2 is 1.94 bits per heavy atom. The monoisotopic (exact) mass is 254 g/mol. The molecule has 0 spiro atoms. The van der Waals surface area contributed by atoms with E-state index in [1.54, 1.807) is 14.2 Å². The van der Waals surface area contributed by atoms with Crippen molar-refractivity contribution in [2.75, 3.05) is 19.5 Å². The van der Waals surface area contributed by atoms with E-state index in [1.807, 2.05) is 32.0 Å². The van der Waals surface area contributed by atoms with E-state index in [2.05, 4.69) is 10.6 Å². The zero-order valence-electron chi connectivity index (χ0n) is 10.5. The van der Waals surface area contributed by atoms with Crippen molar-refractivity contribution in [3.05, 3.63) is 18.2 Å². The van der Waals surface area contributed by atoms with E-state index in [0.717, 1.165) is 17.2 Å². The van der Waals surface area contributed by atoms with Crippen LogP contribution in [0.3, 0.4) is 0 Å². The smallest absolute Gasteiger partial charge is 0.171 e. The molecule has 4 nitrogen and oxygen atoms in total. The average molecular weight is 254 g/mol. The molecule has 1 aromatic carbocycles. The fraction of sp³-hybridized carbons (Fsp3) is 0.417. The number of rotatable bonds is 4. The van der Waals surface area contributed by atoms with Gasteiger partial charge in [0.1, 0.15) is 11.5 Å². The molecule has 0 unspecified atom stereocenters. The van der Waals surface area contributed by atoms with E-state index in [9.17, 15) is 0 Å². The van der Waals surface area contributed by atoms with Crippen LogP contribution < -0.4 is 20.1 Å². The Labute approximate surface area is 107 Å². The standard InChI is InChI=1S/C12H18N2O2S/c1-8(2)13-12(17)14-10-7-9(15-3)5-6-11(10)16-4/h5-8H,1-4H3,(H2,13,14,17). The first kappa shape index (κ1) is 13.6. The Hall–Kier alpha value is -1.49. The van der Waals surface area contributed by atoms with Crippen molar-refractivity contribution in [3.63, 3.8) is 0 Å². The lowest BCUT2D eigenvalue weighted by atomic mass is 10.2. The maximum atomic E-state index is 5.25. The summed E-state index contributed by atoms with van der Waals surface area (Å²) in [5.74, 6) is 1.47. The lowest BCUT2D eigenvalue weighted by Gasteiger charge is -2.16. The molecule has 1 rings (SSSR count). The van der Waals surface area contributed by atoms with Crippen LogP contribution in [0.15, 0.2) is 18.2 Å². The summed E-state index contributed by atoms with van der Waals surface area (Å²) in [7, 11) is 3.24. The molecule has 2 N–H and O–H groups in total. The zero-order chi connectivity index (χ0) is 12.8. The highest BCUT2D eigenvalue weighted by molar-refractivity contribution is 7.80. The number of ether oxygens (including phenoxy) is 2. The number of anilines is 1. The molecule has 5 heteroatoms. The second kappa shape index (κ2) is 6.30. The highest BCUT2D eigenvalue weighted by Crippen LogP contribution is 2.28. The number of hydrogen-bond donors (Lipinski definition) is 2. The minimum atomic E-state index is 0.284. The Morgan fingerprint density at radius 1 is 1.24 bits per heavy atom. The van der Waals surface area contributed by atoms with Gasteiger partial charge in [-0.25, -0.2) is 0 Å². The molecule has 0 saturated carbocycles. The lowest BCUT2D eigenvalue weighted by molar-refractivity contribution is 0.405. The molecule has 17 heavy (non-hydrogen) atoms. The van der Waals surface area contributed by atoms with Crippen LogP contribution in [0.2, 0.25) is 0 Å². The summed E-state index contributed by atoms with van der Waals surface area (Å²) < 4.78 is 10.4. The Balaban J connectivity index is 2.83.